The molecule has 2 aliphatic rings. The first-order valence-electron chi connectivity index (χ1n) is 12.1. The van der Waals surface area contributed by atoms with Gasteiger partial charge in [-0.05, 0) is 51.7 Å². The average Bonchev–Trinajstić information content (AvgIpc) is 3.23. The molecule has 2 aromatic heterocycles. The highest BCUT2D eigenvalue weighted by Gasteiger charge is 2.35. The van der Waals surface area contributed by atoms with Gasteiger partial charge in [0.25, 0.3) is 0 Å². The number of piperidine rings is 1. The Balaban J connectivity index is 1.55. The number of aryl methyl sites for hydroxylation is 1. The zero-order chi connectivity index (χ0) is 26.9. The van der Waals surface area contributed by atoms with Crippen LogP contribution in [-0.4, -0.2) is 73.9 Å². The van der Waals surface area contributed by atoms with E-state index in [0.717, 1.165) is 18.2 Å². The molecule has 10 nitrogen and oxygen atoms in total. The number of rotatable bonds is 5. The van der Waals surface area contributed by atoms with Gasteiger partial charge in [-0.3, -0.25) is 0 Å². The number of aromatic nitrogens is 4. The molecule has 0 aliphatic carbocycles. The molecule has 37 heavy (non-hydrogen) atoms. The summed E-state index contributed by atoms with van der Waals surface area (Å²) < 4.78 is 42.2. The van der Waals surface area contributed by atoms with Crippen molar-refractivity contribution in [2.45, 2.75) is 63.8 Å². The van der Waals surface area contributed by atoms with E-state index in [1.165, 1.54) is 16.6 Å². The summed E-state index contributed by atoms with van der Waals surface area (Å²) in [6.45, 7) is 5.50. The van der Waals surface area contributed by atoms with Crippen molar-refractivity contribution in [3.63, 3.8) is 0 Å². The van der Waals surface area contributed by atoms with Crippen LogP contribution in [0.15, 0.2) is 12.3 Å². The summed E-state index contributed by atoms with van der Waals surface area (Å²) in [6.07, 6.45) is 3.34. The Bertz CT molecular complexity index is 1490. The monoisotopic (exact) mass is 552 g/mol. The molecule has 0 spiro atoms. The van der Waals surface area contributed by atoms with Crippen LogP contribution in [0.1, 0.15) is 51.0 Å². The molecule has 5 rings (SSSR count). The van der Waals surface area contributed by atoms with Crippen molar-refractivity contribution in [2.24, 2.45) is 0 Å². The van der Waals surface area contributed by atoms with Crippen molar-refractivity contribution in [1.82, 2.24) is 23.8 Å². The van der Waals surface area contributed by atoms with Gasteiger partial charge in [-0.1, -0.05) is 11.6 Å². The van der Waals surface area contributed by atoms with Gasteiger partial charge in [0.2, 0.25) is 16.0 Å². The summed E-state index contributed by atoms with van der Waals surface area (Å²) in [6, 6.07) is 0.920. The van der Waals surface area contributed by atoms with Crippen LogP contribution in [0.25, 0.3) is 22.3 Å². The SMILES string of the molecule is C[C@H]1CCc2c(-c3nc(N[C@@H]4CCN(S(C)(=O)=O)C[C@H]4O)ncc3Cl)cc(F)c3nc(C(C)(C)O)n1c23. The summed E-state index contributed by atoms with van der Waals surface area (Å²) in [5, 5.41) is 24.6. The summed E-state index contributed by atoms with van der Waals surface area (Å²) in [5.74, 6) is 0.0521. The van der Waals surface area contributed by atoms with Crippen molar-refractivity contribution >= 4 is 38.6 Å². The molecule has 1 fully saturated rings. The maximum Gasteiger partial charge on any atom is 0.223 e. The van der Waals surface area contributed by atoms with Crippen LogP contribution in [0, 0.1) is 5.82 Å². The molecular weight excluding hydrogens is 523 g/mol. The van der Waals surface area contributed by atoms with Crippen molar-refractivity contribution < 1.29 is 23.0 Å². The molecule has 1 saturated heterocycles. The van der Waals surface area contributed by atoms with Crippen molar-refractivity contribution in [1.29, 1.82) is 0 Å². The van der Waals surface area contributed by atoms with E-state index in [4.69, 9.17) is 11.6 Å². The number of aliphatic hydroxyl groups excluding tert-OH is 1. The lowest BCUT2D eigenvalue weighted by atomic mass is 9.93. The van der Waals surface area contributed by atoms with Crippen LogP contribution in [0.4, 0.5) is 10.3 Å². The van der Waals surface area contributed by atoms with E-state index < -0.39 is 33.6 Å². The van der Waals surface area contributed by atoms with Gasteiger partial charge in [-0.15, -0.1) is 0 Å². The first-order chi connectivity index (χ1) is 17.3. The van der Waals surface area contributed by atoms with Gasteiger partial charge in [0, 0.05) is 24.7 Å². The topological polar surface area (TPSA) is 133 Å². The number of nitrogens with one attached hydrogen (secondary N) is 1. The molecule has 3 atom stereocenters. The summed E-state index contributed by atoms with van der Waals surface area (Å²) in [5.41, 5.74) is 1.26. The summed E-state index contributed by atoms with van der Waals surface area (Å²) >= 11 is 6.51. The van der Waals surface area contributed by atoms with Gasteiger partial charge >= 0.3 is 0 Å². The third kappa shape index (κ3) is 4.69. The van der Waals surface area contributed by atoms with E-state index in [9.17, 15) is 18.6 Å². The lowest BCUT2D eigenvalue weighted by molar-refractivity contribution is 0.0634. The van der Waals surface area contributed by atoms with E-state index in [1.807, 2.05) is 11.5 Å². The Hall–Kier alpha value is -2.38. The number of β-amino-alcohol motifs (C(OH)–C–C–N with tert-alkyl or cyclic N) is 1. The van der Waals surface area contributed by atoms with Crippen LogP contribution in [0.3, 0.4) is 0 Å². The second kappa shape index (κ2) is 9.12. The van der Waals surface area contributed by atoms with Crippen LogP contribution in [-0.2, 0) is 22.0 Å². The molecule has 0 unspecified atom stereocenters. The minimum atomic E-state index is -3.40. The number of benzene rings is 1. The molecule has 4 heterocycles. The molecule has 0 radical (unpaired) electrons. The Morgan fingerprint density at radius 2 is 2.00 bits per heavy atom. The molecule has 0 saturated carbocycles. The highest BCUT2D eigenvalue weighted by atomic mass is 35.5. The highest BCUT2D eigenvalue weighted by molar-refractivity contribution is 7.88. The summed E-state index contributed by atoms with van der Waals surface area (Å²) in [4.78, 5) is 13.3. The fourth-order valence-corrected chi connectivity index (χ4v) is 6.32. The van der Waals surface area contributed by atoms with Crippen LogP contribution < -0.4 is 5.32 Å². The molecular formula is C24H30ClFN6O4S. The van der Waals surface area contributed by atoms with E-state index in [0.29, 0.717) is 35.4 Å². The molecule has 0 bridgehead atoms. The van der Waals surface area contributed by atoms with Crippen LogP contribution >= 0.6 is 11.6 Å². The van der Waals surface area contributed by atoms with Gasteiger partial charge in [-0.2, -0.15) is 4.31 Å². The van der Waals surface area contributed by atoms with Crippen LogP contribution in [0.5, 0.6) is 0 Å². The van der Waals surface area contributed by atoms with Gasteiger partial charge in [0.05, 0.1) is 40.8 Å². The van der Waals surface area contributed by atoms with Crippen molar-refractivity contribution in [3.8, 4) is 11.3 Å². The predicted molar refractivity (Wildman–Crippen MR) is 138 cm³/mol. The lowest BCUT2D eigenvalue weighted by Gasteiger charge is -2.34. The number of sulfonamides is 1. The maximum absolute atomic E-state index is 15.4. The Labute approximate surface area is 219 Å². The van der Waals surface area contributed by atoms with Crippen molar-refractivity contribution in [2.75, 3.05) is 24.7 Å². The van der Waals surface area contributed by atoms with E-state index in [1.54, 1.807) is 13.8 Å². The number of halogens is 2. The number of aliphatic hydroxyl groups is 2. The minimum Gasteiger partial charge on any atom is -0.390 e. The van der Waals surface area contributed by atoms with E-state index in [-0.39, 0.29) is 35.6 Å². The molecule has 0 amide bonds. The van der Waals surface area contributed by atoms with Gasteiger partial charge < -0.3 is 20.1 Å². The zero-order valence-electron chi connectivity index (χ0n) is 21.0. The maximum atomic E-state index is 15.4. The predicted octanol–water partition coefficient (Wildman–Crippen LogP) is 2.83. The molecule has 2 aliphatic heterocycles. The van der Waals surface area contributed by atoms with Gasteiger partial charge in [0.15, 0.2) is 5.82 Å². The number of imidazole rings is 1. The fourth-order valence-electron chi connectivity index (χ4n) is 5.27. The highest BCUT2D eigenvalue weighted by Crippen LogP contribution is 2.42. The second-order valence-corrected chi connectivity index (χ2v) is 12.8. The largest absolute Gasteiger partial charge is 0.390 e. The number of nitrogens with zero attached hydrogens (tertiary/aromatic N) is 5. The Kier molecular flexibility index (Phi) is 6.47. The van der Waals surface area contributed by atoms with E-state index in [2.05, 4.69) is 20.3 Å². The molecule has 13 heteroatoms. The molecule has 200 valence electrons. The number of anilines is 1. The smallest absolute Gasteiger partial charge is 0.223 e. The third-order valence-electron chi connectivity index (χ3n) is 7.15. The molecule has 1 aromatic carbocycles. The van der Waals surface area contributed by atoms with Gasteiger partial charge in [0.1, 0.15) is 16.9 Å². The fraction of sp³-hybridized carbons (Fsp3) is 0.542. The Morgan fingerprint density at radius 1 is 1.27 bits per heavy atom. The second-order valence-electron chi connectivity index (χ2n) is 10.5. The number of hydrogen-bond donors (Lipinski definition) is 3. The first kappa shape index (κ1) is 26.2. The zero-order valence-corrected chi connectivity index (χ0v) is 22.6. The molecule has 3 aromatic rings. The molecule has 3 N–H and O–H groups in total. The van der Waals surface area contributed by atoms with Crippen molar-refractivity contribution in [3.05, 3.63) is 34.5 Å². The average molecular weight is 553 g/mol. The first-order valence-corrected chi connectivity index (χ1v) is 14.4. The van der Waals surface area contributed by atoms with Gasteiger partial charge in [-0.25, -0.2) is 27.8 Å². The number of hydrogen-bond acceptors (Lipinski definition) is 8. The summed E-state index contributed by atoms with van der Waals surface area (Å²) in [7, 11) is -3.40. The third-order valence-corrected chi connectivity index (χ3v) is 8.69. The quantitative estimate of drug-likeness (QED) is 0.440. The normalized spacial score (nSPS) is 23.0. The Morgan fingerprint density at radius 3 is 2.65 bits per heavy atom. The van der Waals surface area contributed by atoms with Crippen LogP contribution in [0.2, 0.25) is 5.02 Å². The standard InChI is InChI=1S/C24H30ClFN6O4S/c1-12-5-6-13-14(9-16(26)20-21(13)32(12)22(29-20)24(2,3)34)19-15(25)10-27-23(30-19)28-17-7-8-31(11-18(17)33)37(4,35)36/h9-10,12,17-18,33-34H,5-8,11H2,1-4H3,(H,27,28,30)/t12-,17+,18+/m0/s1. The lowest BCUT2D eigenvalue weighted by Crippen LogP contribution is -2.51. The minimum absolute atomic E-state index is 0.0194. The van der Waals surface area contributed by atoms with E-state index >= 15 is 4.39 Å².